The van der Waals surface area contributed by atoms with Gasteiger partial charge < -0.3 is 10.6 Å². The van der Waals surface area contributed by atoms with E-state index in [-0.39, 0.29) is 6.61 Å². The summed E-state index contributed by atoms with van der Waals surface area (Å²) in [5.41, 5.74) is 8.81. The maximum Gasteiger partial charge on any atom is 0.397 e. The van der Waals surface area contributed by atoms with Gasteiger partial charge in [0.2, 0.25) is 0 Å². The van der Waals surface area contributed by atoms with Crippen molar-refractivity contribution in [1.82, 2.24) is 0 Å². The summed E-state index contributed by atoms with van der Waals surface area (Å²) in [5, 5.41) is 16.9. The Hall–Kier alpha value is -3.11. The van der Waals surface area contributed by atoms with Crippen LogP contribution in [0.2, 0.25) is 0 Å². The van der Waals surface area contributed by atoms with Crippen molar-refractivity contribution < 1.29 is 17.2 Å². The molecule has 0 amide bonds. The number of benzene rings is 2. The van der Waals surface area contributed by atoms with Gasteiger partial charge in [0, 0.05) is 18.8 Å². The third kappa shape index (κ3) is 8.06. The van der Waals surface area contributed by atoms with Crippen molar-refractivity contribution in [2.75, 3.05) is 30.3 Å². The second-order valence-corrected chi connectivity index (χ2v) is 6.79. The highest BCUT2D eigenvalue weighted by atomic mass is 32.3. The minimum atomic E-state index is -4.35. The lowest BCUT2D eigenvalue weighted by Gasteiger charge is -2.22. The summed E-state index contributed by atoms with van der Waals surface area (Å²) in [7, 11) is -4.35. The van der Waals surface area contributed by atoms with Crippen LogP contribution in [0.1, 0.15) is 23.6 Å². The van der Waals surface area contributed by atoms with Crippen LogP contribution in [0.3, 0.4) is 0 Å². The number of rotatable bonds is 6. The largest absolute Gasteiger partial charge is 0.398 e. The molecule has 28 heavy (non-hydrogen) atoms. The van der Waals surface area contributed by atoms with Gasteiger partial charge in [0.1, 0.15) is 6.07 Å². The fraction of sp³-hybridized carbons (Fsp3) is 0.263. The Morgan fingerprint density at radius 3 is 2.39 bits per heavy atom. The Labute approximate surface area is 165 Å². The molecule has 0 spiro atoms. The van der Waals surface area contributed by atoms with Gasteiger partial charge in [-0.3, -0.25) is 4.55 Å². The average molecular weight is 402 g/mol. The molecule has 2 aromatic rings. The average Bonchev–Trinajstić information content (AvgIpc) is 2.65. The van der Waals surface area contributed by atoms with Crippen molar-refractivity contribution >= 4 is 21.8 Å². The fourth-order valence-corrected chi connectivity index (χ4v) is 2.57. The smallest absolute Gasteiger partial charge is 0.397 e. The lowest BCUT2D eigenvalue weighted by molar-refractivity contribution is 0.274. The summed E-state index contributed by atoms with van der Waals surface area (Å²) < 4.78 is 33.6. The number of hydrogen-bond acceptors (Lipinski definition) is 7. The van der Waals surface area contributed by atoms with Gasteiger partial charge in [-0.25, -0.2) is 4.18 Å². The van der Waals surface area contributed by atoms with Gasteiger partial charge in [0.05, 0.1) is 29.5 Å². The van der Waals surface area contributed by atoms with Gasteiger partial charge in [-0.15, -0.1) is 0 Å². The summed E-state index contributed by atoms with van der Waals surface area (Å²) in [6, 6.07) is 16.3. The normalized spacial score (nSPS) is 10.2. The molecule has 148 valence electrons. The van der Waals surface area contributed by atoms with Crippen LogP contribution in [-0.4, -0.2) is 32.7 Å². The molecule has 2 rings (SSSR count). The maximum atomic E-state index is 10.4. The van der Waals surface area contributed by atoms with E-state index in [1.165, 1.54) is 12.1 Å². The molecule has 0 aliphatic heterocycles. The summed E-state index contributed by atoms with van der Waals surface area (Å²) in [5.74, 6) is 0. The Morgan fingerprint density at radius 1 is 1.18 bits per heavy atom. The van der Waals surface area contributed by atoms with Crippen molar-refractivity contribution in [3.05, 3.63) is 59.2 Å². The fourth-order valence-electron chi connectivity index (χ4n) is 2.28. The molecule has 0 heterocycles. The van der Waals surface area contributed by atoms with Gasteiger partial charge in [-0.05, 0) is 49.7 Å². The van der Waals surface area contributed by atoms with Crippen LogP contribution in [0.15, 0.2) is 42.5 Å². The first-order valence-electron chi connectivity index (χ1n) is 8.33. The zero-order chi connectivity index (χ0) is 21.2. The first kappa shape index (κ1) is 22.9. The van der Waals surface area contributed by atoms with Crippen molar-refractivity contribution in [2.24, 2.45) is 0 Å². The Morgan fingerprint density at radius 2 is 1.89 bits per heavy atom. The number of hydrogen-bond donors (Lipinski definition) is 2. The Balaban J connectivity index is 0.000000307. The van der Waals surface area contributed by atoms with Gasteiger partial charge in [0.15, 0.2) is 0 Å². The predicted molar refractivity (Wildman–Crippen MR) is 107 cm³/mol. The van der Waals surface area contributed by atoms with Crippen molar-refractivity contribution in [2.45, 2.75) is 13.8 Å². The first-order chi connectivity index (χ1) is 13.2. The SMILES string of the molecule is CCN(CCOS(=O)(=O)O)c1cccc(C)c1.N#Cc1ccc(C#N)c(N)c1. The molecule has 0 saturated heterocycles. The zero-order valence-corrected chi connectivity index (χ0v) is 16.5. The summed E-state index contributed by atoms with van der Waals surface area (Å²) >= 11 is 0. The van der Waals surface area contributed by atoms with E-state index in [1.54, 1.807) is 6.07 Å². The number of nitrogens with two attached hydrogens (primary N) is 1. The van der Waals surface area contributed by atoms with E-state index in [2.05, 4.69) is 4.18 Å². The van der Waals surface area contributed by atoms with E-state index in [0.29, 0.717) is 23.4 Å². The van der Waals surface area contributed by atoms with E-state index < -0.39 is 10.4 Å². The minimum Gasteiger partial charge on any atom is -0.398 e. The van der Waals surface area contributed by atoms with Gasteiger partial charge in [0.25, 0.3) is 0 Å². The molecule has 2 aromatic carbocycles. The molecular weight excluding hydrogens is 380 g/mol. The zero-order valence-electron chi connectivity index (χ0n) is 15.7. The van der Waals surface area contributed by atoms with Crippen LogP contribution in [-0.2, 0) is 14.6 Å². The van der Waals surface area contributed by atoms with E-state index in [0.717, 1.165) is 17.8 Å². The molecule has 0 aromatic heterocycles. The molecule has 0 atom stereocenters. The van der Waals surface area contributed by atoms with Crippen LogP contribution >= 0.6 is 0 Å². The molecule has 9 heteroatoms. The number of anilines is 2. The molecule has 0 fully saturated rings. The Bertz CT molecular complexity index is 978. The second kappa shape index (κ2) is 10.9. The van der Waals surface area contributed by atoms with Crippen LogP contribution < -0.4 is 10.6 Å². The molecule has 0 unspecified atom stereocenters. The summed E-state index contributed by atoms with van der Waals surface area (Å²) in [6.45, 7) is 5.03. The molecular formula is C19H22N4O4S. The minimum absolute atomic E-state index is 0.0688. The van der Waals surface area contributed by atoms with Crippen molar-refractivity contribution in [3.63, 3.8) is 0 Å². The lowest BCUT2D eigenvalue weighted by Crippen LogP contribution is -2.27. The van der Waals surface area contributed by atoms with E-state index in [1.807, 2.05) is 55.2 Å². The quantitative estimate of drug-likeness (QED) is 0.555. The standard InChI is InChI=1S/C11H17NO4S.C8H5N3/c1-3-12(7-8-16-17(13,14)15)11-6-4-5-10(2)9-11;9-4-6-1-2-7(5-10)8(11)3-6/h4-6,9H,3,7-8H2,1-2H3,(H,13,14,15);1-3H,11H2. The predicted octanol–water partition coefficient (Wildman–Crippen LogP) is 2.65. The number of likely N-dealkylation sites (N-methyl/N-ethyl adjacent to an activating group) is 1. The Kier molecular flexibility index (Phi) is 8.93. The first-order valence-corrected chi connectivity index (χ1v) is 9.69. The van der Waals surface area contributed by atoms with Crippen LogP contribution in [0.5, 0.6) is 0 Å². The topological polar surface area (TPSA) is 140 Å². The van der Waals surface area contributed by atoms with E-state index >= 15 is 0 Å². The van der Waals surface area contributed by atoms with Gasteiger partial charge >= 0.3 is 10.4 Å². The number of nitrogens with zero attached hydrogens (tertiary/aromatic N) is 3. The van der Waals surface area contributed by atoms with Crippen molar-refractivity contribution in [3.8, 4) is 12.1 Å². The van der Waals surface area contributed by atoms with Gasteiger partial charge in [-0.1, -0.05) is 12.1 Å². The maximum absolute atomic E-state index is 10.4. The number of nitriles is 2. The van der Waals surface area contributed by atoms with E-state index in [9.17, 15) is 8.42 Å². The molecule has 8 nitrogen and oxygen atoms in total. The van der Waals surface area contributed by atoms with Crippen LogP contribution in [0.4, 0.5) is 11.4 Å². The van der Waals surface area contributed by atoms with Crippen molar-refractivity contribution in [1.29, 1.82) is 10.5 Å². The number of nitrogen functional groups attached to an aromatic ring is 1. The lowest BCUT2D eigenvalue weighted by atomic mass is 10.1. The van der Waals surface area contributed by atoms with E-state index in [4.69, 9.17) is 20.8 Å². The summed E-state index contributed by atoms with van der Waals surface area (Å²) in [6.07, 6.45) is 0. The van der Waals surface area contributed by atoms with Gasteiger partial charge in [-0.2, -0.15) is 18.9 Å². The van der Waals surface area contributed by atoms with Crippen LogP contribution in [0, 0.1) is 29.6 Å². The highest BCUT2D eigenvalue weighted by molar-refractivity contribution is 7.80. The molecule has 0 aliphatic rings. The summed E-state index contributed by atoms with van der Waals surface area (Å²) in [4.78, 5) is 1.97. The molecule has 0 radical (unpaired) electrons. The molecule has 3 N–H and O–H groups in total. The highest BCUT2D eigenvalue weighted by Crippen LogP contribution is 2.15. The second-order valence-electron chi connectivity index (χ2n) is 5.69. The molecule has 0 bridgehead atoms. The third-order valence-corrected chi connectivity index (χ3v) is 4.11. The monoisotopic (exact) mass is 402 g/mol. The molecule has 0 saturated carbocycles. The third-order valence-electron chi connectivity index (χ3n) is 3.64. The molecule has 0 aliphatic carbocycles. The number of aryl methyl sites for hydroxylation is 1. The van der Waals surface area contributed by atoms with Crippen LogP contribution in [0.25, 0.3) is 0 Å². The highest BCUT2D eigenvalue weighted by Gasteiger charge is 2.08.